The quantitative estimate of drug-likeness (QED) is 0.634. The number of H-pyrrole nitrogens is 1. The molecule has 0 saturated carbocycles. The fourth-order valence-corrected chi connectivity index (χ4v) is 3.57. The zero-order chi connectivity index (χ0) is 19.2. The lowest BCUT2D eigenvalue weighted by Crippen LogP contribution is -2.44. The summed E-state index contributed by atoms with van der Waals surface area (Å²) in [6, 6.07) is 0.619. The predicted octanol–water partition coefficient (Wildman–Crippen LogP) is 1.38. The van der Waals surface area contributed by atoms with Crippen molar-refractivity contribution in [2.45, 2.75) is 51.6 Å². The molecule has 1 saturated heterocycles. The summed E-state index contributed by atoms with van der Waals surface area (Å²) in [5.74, 6) is 0.234. The second-order valence-corrected chi connectivity index (χ2v) is 7.01. The van der Waals surface area contributed by atoms with Crippen LogP contribution in [0, 0.1) is 0 Å². The third-order valence-electron chi connectivity index (χ3n) is 5.08. The van der Waals surface area contributed by atoms with E-state index in [9.17, 15) is 4.79 Å². The first-order valence-corrected chi connectivity index (χ1v) is 9.75. The number of likely N-dealkylation sites (tertiary alicyclic amines) is 1. The topological polar surface area (TPSA) is 111 Å². The second-order valence-electron chi connectivity index (χ2n) is 7.01. The zero-order valence-corrected chi connectivity index (χ0v) is 16.2. The summed E-state index contributed by atoms with van der Waals surface area (Å²) in [6.07, 6.45) is 5.45. The normalized spacial score (nSPS) is 18.2. The van der Waals surface area contributed by atoms with E-state index in [-0.39, 0.29) is 17.5 Å². The maximum atomic E-state index is 12.4. The molecular weight excluding hydrogens is 348 g/mol. The molecule has 1 unspecified atom stereocenters. The van der Waals surface area contributed by atoms with Crippen molar-refractivity contribution in [3.8, 4) is 6.01 Å². The van der Waals surface area contributed by atoms with Crippen LogP contribution in [-0.2, 0) is 11.3 Å². The van der Waals surface area contributed by atoms with Crippen LogP contribution in [0.4, 0.5) is 5.82 Å². The summed E-state index contributed by atoms with van der Waals surface area (Å²) < 4.78 is 12.6. The van der Waals surface area contributed by atoms with E-state index < -0.39 is 0 Å². The van der Waals surface area contributed by atoms with Gasteiger partial charge in [0.2, 0.25) is 0 Å². The van der Waals surface area contributed by atoms with Gasteiger partial charge in [0.05, 0.1) is 13.2 Å². The number of nitrogen functional groups attached to an aromatic ring is 1. The van der Waals surface area contributed by atoms with Crippen LogP contribution in [-0.4, -0.2) is 63.9 Å². The van der Waals surface area contributed by atoms with Crippen molar-refractivity contribution in [3.05, 3.63) is 10.5 Å². The minimum absolute atomic E-state index is 0.219. The molecule has 27 heavy (non-hydrogen) atoms. The van der Waals surface area contributed by atoms with Crippen LogP contribution in [0.3, 0.4) is 0 Å². The van der Waals surface area contributed by atoms with E-state index in [4.69, 9.17) is 15.2 Å². The average molecular weight is 378 g/mol. The van der Waals surface area contributed by atoms with Crippen molar-refractivity contribution in [1.29, 1.82) is 0 Å². The van der Waals surface area contributed by atoms with Crippen molar-refractivity contribution in [2.24, 2.45) is 0 Å². The number of imidazole rings is 1. The molecule has 150 valence electrons. The Hall–Kier alpha value is -2.13. The van der Waals surface area contributed by atoms with E-state index in [1.54, 1.807) is 11.7 Å². The Bertz CT molecular complexity index is 800. The van der Waals surface area contributed by atoms with Gasteiger partial charge in [-0.2, -0.15) is 9.97 Å². The monoisotopic (exact) mass is 378 g/mol. The molecular formula is C18H30N6O3. The number of anilines is 1. The summed E-state index contributed by atoms with van der Waals surface area (Å²) in [4.78, 5) is 26.2. The van der Waals surface area contributed by atoms with Crippen LogP contribution in [0.15, 0.2) is 4.79 Å². The molecule has 2 aromatic heterocycles. The second kappa shape index (κ2) is 9.18. The third kappa shape index (κ3) is 4.59. The van der Waals surface area contributed by atoms with E-state index in [1.807, 2.05) is 0 Å². The van der Waals surface area contributed by atoms with Crippen molar-refractivity contribution in [2.75, 3.05) is 39.1 Å². The van der Waals surface area contributed by atoms with Crippen molar-refractivity contribution < 1.29 is 9.47 Å². The lowest BCUT2D eigenvalue weighted by Gasteiger charge is -2.35. The highest BCUT2D eigenvalue weighted by molar-refractivity contribution is 5.81. The number of piperidine rings is 1. The van der Waals surface area contributed by atoms with E-state index in [0.29, 0.717) is 37.0 Å². The summed E-state index contributed by atoms with van der Waals surface area (Å²) in [6.45, 7) is 5.65. The summed E-state index contributed by atoms with van der Waals surface area (Å²) in [5.41, 5.74) is 6.74. The van der Waals surface area contributed by atoms with E-state index in [1.165, 1.54) is 12.8 Å². The molecule has 0 spiro atoms. The smallest absolute Gasteiger partial charge is 0.327 e. The van der Waals surface area contributed by atoms with Gasteiger partial charge in [-0.25, -0.2) is 4.79 Å². The SMILES string of the molecule is CCCCOc1nc(N)c2[nH]c(=O)n(CCN3CCCCC3COC)c2n1. The lowest BCUT2D eigenvalue weighted by atomic mass is 10.0. The van der Waals surface area contributed by atoms with Gasteiger partial charge in [-0.3, -0.25) is 9.47 Å². The largest absolute Gasteiger partial charge is 0.463 e. The number of aromatic nitrogens is 4. The van der Waals surface area contributed by atoms with Gasteiger partial charge >= 0.3 is 11.7 Å². The Kier molecular flexibility index (Phi) is 6.68. The molecule has 1 aliphatic rings. The highest BCUT2D eigenvalue weighted by Crippen LogP contribution is 2.20. The molecule has 0 bridgehead atoms. The first-order valence-electron chi connectivity index (χ1n) is 9.75. The summed E-state index contributed by atoms with van der Waals surface area (Å²) in [7, 11) is 1.73. The van der Waals surface area contributed by atoms with Crippen LogP contribution in [0.5, 0.6) is 6.01 Å². The van der Waals surface area contributed by atoms with Crippen molar-refractivity contribution in [1.82, 2.24) is 24.4 Å². The molecule has 9 nitrogen and oxygen atoms in total. The number of hydrogen-bond acceptors (Lipinski definition) is 7. The third-order valence-corrected chi connectivity index (χ3v) is 5.08. The fraction of sp³-hybridized carbons (Fsp3) is 0.722. The standard InChI is InChI=1S/C18H30N6O3/c1-3-4-11-27-17-21-15(19)14-16(22-17)24(18(25)20-14)10-9-23-8-6-5-7-13(23)12-26-2/h13H,3-12H2,1-2H3,(H,20,25)(H2,19,21,22). The molecule has 3 heterocycles. The number of methoxy groups -OCH3 is 1. The van der Waals surface area contributed by atoms with E-state index in [0.717, 1.165) is 32.4 Å². The number of fused-ring (bicyclic) bond motifs is 1. The minimum atomic E-state index is -0.225. The van der Waals surface area contributed by atoms with Gasteiger partial charge in [0.15, 0.2) is 11.5 Å². The van der Waals surface area contributed by atoms with Gasteiger partial charge in [-0.15, -0.1) is 0 Å². The first kappa shape index (κ1) is 19.6. The Morgan fingerprint density at radius 1 is 1.30 bits per heavy atom. The Labute approximate surface area is 158 Å². The number of hydrogen-bond donors (Lipinski definition) is 2. The highest BCUT2D eigenvalue weighted by Gasteiger charge is 2.23. The zero-order valence-electron chi connectivity index (χ0n) is 16.2. The molecule has 0 aromatic carbocycles. The van der Waals surface area contributed by atoms with Gasteiger partial charge in [-0.1, -0.05) is 19.8 Å². The lowest BCUT2D eigenvalue weighted by molar-refractivity contribution is 0.0628. The highest BCUT2D eigenvalue weighted by atomic mass is 16.5. The van der Waals surface area contributed by atoms with Crippen LogP contribution >= 0.6 is 0 Å². The van der Waals surface area contributed by atoms with E-state index >= 15 is 0 Å². The van der Waals surface area contributed by atoms with Gasteiger partial charge < -0.3 is 20.2 Å². The predicted molar refractivity (Wildman–Crippen MR) is 104 cm³/mol. The maximum absolute atomic E-state index is 12.4. The number of unbranched alkanes of at least 4 members (excludes halogenated alkanes) is 1. The van der Waals surface area contributed by atoms with Crippen LogP contribution in [0.25, 0.3) is 11.2 Å². The molecule has 2 aromatic rings. The molecule has 0 aliphatic carbocycles. The fourth-order valence-electron chi connectivity index (χ4n) is 3.57. The van der Waals surface area contributed by atoms with Crippen molar-refractivity contribution in [3.63, 3.8) is 0 Å². The minimum Gasteiger partial charge on any atom is -0.463 e. The Balaban J connectivity index is 1.78. The van der Waals surface area contributed by atoms with E-state index in [2.05, 4.69) is 26.8 Å². The molecule has 0 amide bonds. The van der Waals surface area contributed by atoms with Gasteiger partial charge in [0.25, 0.3) is 0 Å². The number of nitrogens with two attached hydrogens (primary N) is 1. The number of aromatic amines is 1. The summed E-state index contributed by atoms with van der Waals surface area (Å²) in [5, 5.41) is 0. The van der Waals surface area contributed by atoms with Gasteiger partial charge in [-0.05, 0) is 25.8 Å². The summed E-state index contributed by atoms with van der Waals surface area (Å²) >= 11 is 0. The number of ether oxygens (including phenoxy) is 2. The average Bonchev–Trinajstić information content (AvgIpc) is 2.98. The van der Waals surface area contributed by atoms with Gasteiger partial charge in [0.1, 0.15) is 5.52 Å². The Morgan fingerprint density at radius 3 is 2.93 bits per heavy atom. The Morgan fingerprint density at radius 2 is 2.15 bits per heavy atom. The maximum Gasteiger partial charge on any atom is 0.327 e. The molecule has 3 rings (SSSR count). The van der Waals surface area contributed by atoms with Crippen LogP contribution in [0.1, 0.15) is 39.0 Å². The van der Waals surface area contributed by atoms with Crippen LogP contribution in [0.2, 0.25) is 0 Å². The molecule has 1 aliphatic heterocycles. The van der Waals surface area contributed by atoms with Gasteiger partial charge in [0, 0.05) is 26.2 Å². The first-order chi connectivity index (χ1) is 13.1. The number of rotatable bonds is 9. The van der Waals surface area contributed by atoms with Crippen LogP contribution < -0.4 is 16.2 Å². The molecule has 0 radical (unpaired) electrons. The molecule has 9 heteroatoms. The number of nitrogens with one attached hydrogen (secondary N) is 1. The number of nitrogens with zero attached hydrogens (tertiary/aromatic N) is 4. The molecule has 3 N–H and O–H groups in total. The van der Waals surface area contributed by atoms with Crippen molar-refractivity contribution >= 4 is 17.0 Å². The molecule has 1 atom stereocenters. The molecule has 1 fully saturated rings.